The maximum absolute atomic E-state index is 12.3. The van der Waals surface area contributed by atoms with E-state index in [0.29, 0.717) is 25.7 Å². The number of ether oxygens (including phenoxy) is 2. The van der Waals surface area contributed by atoms with Gasteiger partial charge in [0.2, 0.25) is 0 Å². The molecule has 1 saturated heterocycles. The second-order valence-corrected chi connectivity index (χ2v) is 6.21. The van der Waals surface area contributed by atoms with Gasteiger partial charge in [-0.2, -0.15) is 0 Å². The van der Waals surface area contributed by atoms with Gasteiger partial charge in [0.25, 0.3) is 5.56 Å². The topological polar surface area (TPSA) is 103 Å². The van der Waals surface area contributed by atoms with E-state index in [9.17, 15) is 9.59 Å². The third kappa shape index (κ3) is 4.01. The molecule has 9 heteroatoms. The molecule has 2 N–H and O–H groups in total. The Hall–Kier alpha value is -1.64. The van der Waals surface area contributed by atoms with E-state index in [1.54, 1.807) is 0 Å². The summed E-state index contributed by atoms with van der Waals surface area (Å²) in [6, 6.07) is -0.201. The Kier molecular flexibility index (Phi) is 4.84. The van der Waals surface area contributed by atoms with E-state index in [-0.39, 0.29) is 23.1 Å². The number of halogens is 1. The van der Waals surface area contributed by atoms with Gasteiger partial charge in [0, 0.05) is 6.61 Å². The van der Waals surface area contributed by atoms with Crippen molar-refractivity contribution in [2.45, 2.75) is 31.5 Å². The summed E-state index contributed by atoms with van der Waals surface area (Å²) in [7, 11) is 0. The summed E-state index contributed by atoms with van der Waals surface area (Å²) in [5, 5.41) is 11.8. The number of aromatic nitrogens is 2. The molecule has 0 amide bonds. The Morgan fingerprint density at radius 3 is 3.00 bits per heavy atom. The van der Waals surface area contributed by atoms with E-state index in [0.717, 1.165) is 4.57 Å². The van der Waals surface area contributed by atoms with Crippen molar-refractivity contribution in [1.82, 2.24) is 9.55 Å². The van der Waals surface area contributed by atoms with Crippen molar-refractivity contribution in [3.8, 4) is 0 Å². The van der Waals surface area contributed by atoms with Gasteiger partial charge in [-0.15, -0.1) is 0 Å². The van der Waals surface area contributed by atoms with Crippen molar-refractivity contribution in [2.75, 3.05) is 25.1 Å². The van der Waals surface area contributed by atoms with Gasteiger partial charge in [-0.1, -0.05) is 11.6 Å². The fourth-order valence-corrected chi connectivity index (χ4v) is 2.59. The van der Waals surface area contributed by atoms with Crippen LogP contribution in [0.2, 0.25) is 5.15 Å². The number of hydrogen-bond donors (Lipinski definition) is 2. The van der Waals surface area contributed by atoms with Crippen molar-refractivity contribution < 1.29 is 19.4 Å². The van der Waals surface area contributed by atoms with Gasteiger partial charge < -0.3 is 19.9 Å². The van der Waals surface area contributed by atoms with Gasteiger partial charge >= 0.3 is 5.97 Å². The van der Waals surface area contributed by atoms with E-state index in [2.05, 4.69) is 10.3 Å². The smallest absolute Gasteiger partial charge is 0.323 e. The number of aliphatic carboxylic acids is 1. The Balaban J connectivity index is 1.71. The van der Waals surface area contributed by atoms with Crippen LogP contribution in [0.3, 0.4) is 0 Å². The average molecular weight is 344 g/mol. The molecular weight excluding hydrogens is 326 g/mol. The van der Waals surface area contributed by atoms with E-state index in [1.165, 1.54) is 19.0 Å². The minimum absolute atomic E-state index is 0.0212. The number of nitrogens with zero attached hydrogens (tertiary/aromatic N) is 2. The average Bonchev–Trinajstić information content (AvgIpc) is 3.23. The first-order valence-corrected chi connectivity index (χ1v) is 7.85. The van der Waals surface area contributed by atoms with Crippen molar-refractivity contribution in [1.29, 1.82) is 0 Å². The first-order chi connectivity index (χ1) is 11.0. The van der Waals surface area contributed by atoms with Crippen LogP contribution in [0.5, 0.6) is 0 Å². The summed E-state index contributed by atoms with van der Waals surface area (Å²) in [6.45, 7) is 1.04. The number of nitrogens with one attached hydrogen (secondary N) is 1. The lowest BCUT2D eigenvalue weighted by molar-refractivity contribution is -0.137. The lowest BCUT2D eigenvalue weighted by Crippen LogP contribution is -2.38. The zero-order valence-corrected chi connectivity index (χ0v) is 13.2. The molecule has 2 atom stereocenters. The van der Waals surface area contributed by atoms with Crippen LogP contribution < -0.4 is 10.9 Å². The van der Waals surface area contributed by atoms with Crippen molar-refractivity contribution in [3.63, 3.8) is 0 Å². The van der Waals surface area contributed by atoms with Crippen molar-refractivity contribution >= 4 is 23.4 Å². The molecule has 23 heavy (non-hydrogen) atoms. The fraction of sp³-hybridized carbons (Fsp3) is 0.643. The number of carboxylic acid groups (broad SMARTS) is 1. The van der Waals surface area contributed by atoms with Gasteiger partial charge in [-0.05, 0) is 18.8 Å². The molecule has 0 aromatic carbocycles. The molecule has 1 aromatic heterocycles. The molecule has 0 bridgehead atoms. The second-order valence-electron chi connectivity index (χ2n) is 5.82. The van der Waals surface area contributed by atoms with E-state index < -0.39 is 18.1 Å². The second kappa shape index (κ2) is 6.86. The van der Waals surface area contributed by atoms with Crippen LogP contribution in [-0.4, -0.2) is 52.6 Å². The molecule has 1 aromatic rings. The highest BCUT2D eigenvalue weighted by atomic mass is 35.5. The van der Waals surface area contributed by atoms with E-state index in [1.807, 2.05) is 0 Å². The zero-order valence-electron chi connectivity index (χ0n) is 12.4. The van der Waals surface area contributed by atoms with Crippen LogP contribution >= 0.6 is 11.6 Å². The fourth-order valence-electron chi connectivity index (χ4n) is 2.40. The standard InChI is InChI=1S/C14H18ClN3O5/c15-11-3-16-13(14(21)18(11)4-12(19)20)17-9-6-22-7-10(9)23-5-8-1-2-8/h3,8-10H,1-2,4-7H2,(H,16,17)(H,19,20)/t9-,10-/m0/s1. The molecule has 3 rings (SSSR count). The number of hydrogen-bond acceptors (Lipinski definition) is 6. The van der Waals surface area contributed by atoms with Crippen LogP contribution in [0.25, 0.3) is 0 Å². The Labute approximate surface area is 137 Å². The Bertz CT molecular complexity index is 646. The Morgan fingerprint density at radius 2 is 2.30 bits per heavy atom. The van der Waals surface area contributed by atoms with Gasteiger partial charge in [0.05, 0.1) is 25.5 Å². The SMILES string of the molecule is O=C(O)Cn1c(Cl)cnc(N[C@H]2COC[C@@H]2OCC2CC2)c1=O. The van der Waals surface area contributed by atoms with Crippen LogP contribution in [0.1, 0.15) is 12.8 Å². The molecule has 2 fully saturated rings. The van der Waals surface area contributed by atoms with Gasteiger partial charge in [0.1, 0.15) is 17.8 Å². The monoisotopic (exact) mass is 343 g/mol. The number of carbonyl (C=O) groups is 1. The highest BCUT2D eigenvalue weighted by Gasteiger charge is 2.32. The molecule has 126 valence electrons. The highest BCUT2D eigenvalue weighted by Crippen LogP contribution is 2.30. The molecule has 8 nitrogen and oxygen atoms in total. The Morgan fingerprint density at radius 1 is 1.52 bits per heavy atom. The predicted octanol–water partition coefficient (Wildman–Crippen LogP) is 0.587. The third-order valence-electron chi connectivity index (χ3n) is 3.89. The van der Waals surface area contributed by atoms with Crippen LogP contribution in [0.4, 0.5) is 5.82 Å². The molecule has 2 aliphatic rings. The predicted molar refractivity (Wildman–Crippen MR) is 81.8 cm³/mol. The van der Waals surface area contributed by atoms with Crippen LogP contribution in [0.15, 0.2) is 11.0 Å². The van der Waals surface area contributed by atoms with E-state index >= 15 is 0 Å². The van der Waals surface area contributed by atoms with E-state index in [4.69, 9.17) is 26.2 Å². The summed E-state index contributed by atoms with van der Waals surface area (Å²) in [4.78, 5) is 27.1. The number of anilines is 1. The maximum atomic E-state index is 12.3. The summed E-state index contributed by atoms with van der Waals surface area (Å²) in [5.41, 5.74) is -0.576. The molecular formula is C14H18ClN3O5. The maximum Gasteiger partial charge on any atom is 0.323 e. The molecule has 0 spiro atoms. The van der Waals surface area contributed by atoms with Crippen LogP contribution in [0, 0.1) is 5.92 Å². The summed E-state index contributed by atoms with van der Waals surface area (Å²) >= 11 is 5.84. The minimum Gasteiger partial charge on any atom is -0.480 e. The largest absolute Gasteiger partial charge is 0.480 e. The van der Waals surface area contributed by atoms with Gasteiger partial charge in [-0.3, -0.25) is 14.2 Å². The first kappa shape index (κ1) is 16.2. The summed E-state index contributed by atoms with van der Waals surface area (Å²) < 4.78 is 12.2. The normalized spacial score (nSPS) is 23.9. The van der Waals surface area contributed by atoms with Crippen molar-refractivity contribution in [2.24, 2.45) is 5.92 Å². The molecule has 1 aliphatic carbocycles. The number of rotatable bonds is 7. The molecule has 2 heterocycles. The summed E-state index contributed by atoms with van der Waals surface area (Å²) in [6.07, 6.45) is 3.50. The molecule has 1 saturated carbocycles. The lowest BCUT2D eigenvalue weighted by atomic mass is 10.2. The highest BCUT2D eigenvalue weighted by molar-refractivity contribution is 6.29. The first-order valence-electron chi connectivity index (χ1n) is 7.47. The van der Waals surface area contributed by atoms with Gasteiger partial charge in [0.15, 0.2) is 5.82 Å². The summed E-state index contributed by atoms with van der Waals surface area (Å²) in [5.74, 6) is -0.468. The minimum atomic E-state index is -1.15. The lowest BCUT2D eigenvalue weighted by Gasteiger charge is -2.20. The molecule has 0 radical (unpaired) electrons. The van der Waals surface area contributed by atoms with Crippen LogP contribution in [-0.2, 0) is 20.8 Å². The third-order valence-corrected chi connectivity index (χ3v) is 4.19. The van der Waals surface area contributed by atoms with Gasteiger partial charge in [-0.25, -0.2) is 4.98 Å². The molecule has 1 aliphatic heterocycles. The molecule has 0 unspecified atom stereocenters. The van der Waals surface area contributed by atoms with Crippen molar-refractivity contribution in [3.05, 3.63) is 21.7 Å². The quantitative estimate of drug-likeness (QED) is 0.746. The number of carboxylic acids is 1. The zero-order chi connectivity index (χ0) is 16.4.